The number of halogens is 1. The van der Waals surface area contributed by atoms with E-state index in [-0.39, 0.29) is 6.04 Å². The van der Waals surface area contributed by atoms with Crippen molar-refractivity contribution in [2.24, 2.45) is 5.92 Å². The van der Waals surface area contributed by atoms with Gasteiger partial charge in [0.25, 0.3) is 0 Å². The molecule has 0 aliphatic carbocycles. The highest BCUT2D eigenvalue weighted by Gasteiger charge is 2.25. The molecule has 0 amide bonds. The molecule has 2 rings (SSSR count). The Kier molecular flexibility index (Phi) is 4.40. The molecule has 96 valence electrons. The van der Waals surface area contributed by atoms with Gasteiger partial charge in [0.1, 0.15) is 12.3 Å². The Morgan fingerprint density at radius 2 is 2.00 bits per heavy atom. The minimum atomic E-state index is -0.207. The number of carbonyl (C=O) groups excluding carboxylic acids is 1. The van der Waals surface area contributed by atoms with Crippen molar-refractivity contribution >= 4 is 28.9 Å². The van der Waals surface area contributed by atoms with Crippen molar-refractivity contribution in [1.29, 1.82) is 0 Å². The van der Waals surface area contributed by atoms with Gasteiger partial charge in [-0.1, -0.05) is 26.0 Å². The molecular formula is C14H17IN2O. The topological polar surface area (TPSA) is 41.1 Å². The maximum atomic E-state index is 11.1. The standard InChI is InChI=1S/C14H17IN2O/c1-9(2)14-12(13(8-18)16-17-14)7-10-3-5-11(15)6-4-10/h3-6,8-9,13,16-17H,7H2,1-2H3. The zero-order valence-corrected chi connectivity index (χ0v) is 12.7. The largest absolute Gasteiger partial charge is 0.324 e. The second-order valence-corrected chi connectivity index (χ2v) is 6.03. The van der Waals surface area contributed by atoms with Crippen LogP contribution in [0.4, 0.5) is 0 Å². The lowest BCUT2D eigenvalue weighted by atomic mass is 9.95. The summed E-state index contributed by atoms with van der Waals surface area (Å²) in [6.07, 6.45) is 1.78. The number of aldehydes is 1. The van der Waals surface area contributed by atoms with Crippen molar-refractivity contribution in [3.8, 4) is 0 Å². The first-order valence-corrected chi connectivity index (χ1v) is 7.14. The van der Waals surface area contributed by atoms with Crippen LogP contribution in [0.15, 0.2) is 35.5 Å². The first-order chi connectivity index (χ1) is 8.61. The Labute approximate surface area is 121 Å². The quantitative estimate of drug-likeness (QED) is 0.643. The molecule has 0 saturated carbocycles. The lowest BCUT2D eigenvalue weighted by Crippen LogP contribution is -2.34. The number of benzene rings is 1. The third-order valence-corrected chi connectivity index (χ3v) is 3.82. The Morgan fingerprint density at radius 3 is 2.56 bits per heavy atom. The predicted molar refractivity (Wildman–Crippen MR) is 80.9 cm³/mol. The van der Waals surface area contributed by atoms with Crippen LogP contribution in [-0.2, 0) is 11.2 Å². The lowest BCUT2D eigenvalue weighted by molar-refractivity contribution is -0.108. The van der Waals surface area contributed by atoms with Crippen LogP contribution in [0.5, 0.6) is 0 Å². The average molecular weight is 356 g/mol. The molecule has 2 N–H and O–H groups in total. The van der Waals surface area contributed by atoms with Gasteiger partial charge in [-0.05, 0) is 58.2 Å². The molecule has 1 atom stereocenters. The zero-order chi connectivity index (χ0) is 13.1. The van der Waals surface area contributed by atoms with E-state index in [1.54, 1.807) is 0 Å². The van der Waals surface area contributed by atoms with E-state index in [0.29, 0.717) is 5.92 Å². The minimum Gasteiger partial charge on any atom is -0.324 e. The van der Waals surface area contributed by atoms with Crippen LogP contribution in [0.3, 0.4) is 0 Å². The molecular weight excluding hydrogens is 339 g/mol. The van der Waals surface area contributed by atoms with Gasteiger partial charge >= 0.3 is 0 Å². The van der Waals surface area contributed by atoms with Gasteiger partial charge in [-0.3, -0.25) is 0 Å². The normalized spacial score (nSPS) is 19.2. The van der Waals surface area contributed by atoms with Gasteiger partial charge in [0.05, 0.1) is 0 Å². The fraction of sp³-hybridized carbons (Fsp3) is 0.357. The van der Waals surface area contributed by atoms with Crippen molar-refractivity contribution in [1.82, 2.24) is 10.9 Å². The van der Waals surface area contributed by atoms with E-state index in [4.69, 9.17) is 0 Å². The third kappa shape index (κ3) is 2.92. The summed E-state index contributed by atoms with van der Waals surface area (Å²) in [4.78, 5) is 11.1. The van der Waals surface area contributed by atoms with E-state index in [2.05, 4.69) is 71.6 Å². The number of rotatable bonds is 4. The van der Waals surface area contributed by atoms with E-state index in [9.17, 15) is 4.79 Å². The molecule has 3 nitrogen and oxygen atoms in total. The highest BCUT2D eigenvalue weighted by molar-refractivity contribution is 14.1. The number of nitrogens with one attached hydrogen (secondary N) is 2. The number of allylic oxidation sites excluding steroid dienone is 1. The van der Waals surface area contributed by atoms with Crippen LogP contribution in [0, 0.1) is 9.49 Å². The zero-order valence-electron chi connectivity index (χ0n) is 10.5. The molecule has 0 radical (unpaired) electrons. The average Bonchev–Trinajstić information content (AvgIpc) is 2.75. The molecule has 1 aromatic rings. The molecule has 1 aliphatic rings. The van der Waals surface area contributed by atoms with E-state index < -0.39 is 0 Å². The van der Waals surface area contributed by atoms with Crippen molar-refractivity contribution in [2.75, 3.05) is 0 Å². The van der Waals surface area contributed by atoms with Crippen LogP contribution in [0.25, 0.3) is 0 Å². The Hall–Kier alpha value is -0.880. The fourth-order valence-electron chi connectivity index (χ4n) is 2.15. The van der Waals surface area contributed by atoms with Crippen molar-refractivity contribution in [3.05, 3.63) is 44.7 Å². The maximum absolute atomic E-state index is 11.1. The highest BCUT2D eigenvalue weighted by atomic mass is 127. The molecule has 1 unspecified atom stereocenters. The van der Waals surface area contributed by atoms with Crippen LogP contribution < -0.4 is 10.9 Å². The van der Waals surface area contributed by atoms with Gasteiger partial charge < -0.3 is 10.2 Å². The molecule has 1 aliphatic heterocycles. The fourth-order valence-corrected chi connectivity index (χ4v) is 2.51. The number of hydrogen-bond acceptors (Lipinski definition) is 3. The first-order valence-electron chi connectivity index (χ1n) is 6.06. The Balaban J connectivity index is 2.25. The van der Waals surface area contributed by atoms with E-state index in [0.717, 1.165) is 24.0 Å². The molecule has 0 saturated heterocycles. The molecule has 0 bridgehead atoms. The second kappa shape index (κ2) is 5.84. The van der Waals surface area contributed by atoms with Crippen molar-refractivity contribution in [2.45, 2.75) is 26.3 Å². The summed E-state index contributed by atoms with van der Waals surface area (Å²) in [5.41, 5.74) is 9.70. The van der Waals surface area contributed by atoms with Crippen LogP contribution in [0.1, 0.15) is 19.4 Å². The maximum Gasteiger partial charge on any atom is 0.142 e. The molecule has 0 spiro atoms. The Morgan fingerprint density at radius 1 is 1.33 bits per heavy atom. The van der Waals surface area contributed by atoms with Gasteiger partial charge in [-0.25, -0.2) is 5.43 Å². The van der Waals surface area contributed by atoms with Gasteiger partial charge in [-0.2, -0.15) is 0 Å². The highest BCUT2D eigenvalue weighted by Crippen LogP contribution is 2.23. The van der Waals surface area contributed by atoms with Gasteiger partial charge in [0, 0.05) is 9.27 Å². The second-order valence-electron chi connectivity index (χ2n) is 4.78. The van der Waals surface area contributed by atoms with Gasteiger partial charge in [0.15, 0.2) is 0 Å². The summed E-state index contributed by atoms with van der Waals surface area (Å²) in [7, 11) is 0. The van der Waals surface area contributed by atoms with Gasteiger partial charge in [-0.15, -0.1) is 0 Å². The lowest BCUT2D eigenvalue weighted by Gasteiger charge is -2.11. The summed E-state index contributed by atoms with van der Waals surface area (Å²) in [5.74, 6) is 0.390. The molecule has 1 aromatic carbocycles. The molecule has 18 heavy (non-hydrogen) atoms. The van der Waals surface area contributed by atoms with Gasteiger partial charge in [0.2, 0.25) is 0 Å². The summed E-state index contributed by atoms with van der Waals surface area (Å²) >= 11 is 2.29. The monoisotopic (exact) mass is 356 g/mol. The third-order valence-electron chi connectivity index (χ3n) is 3.10. The molecule has 4 heteroatoms. The SMILES string of the molecule is CC(C)C1=C(Cc2ccc(I)cc2)C(C=O)NN1. The Bertz CT molecular complexity index is 465. The minimum absolute atomic E-state index is 0.207. The summed E-state index contributed by atoms with van der Waals surface area (Å²) < 4.78 is 1.23. The number of hydrogen-bond donors (Lipinski definition) is 2. The summed E-state index contributed by atoms with van der Waals surface area (Å²) in [5, 5.41) is 0. The van der Waals surface area contributed by atoms with Crippen LogP contribution in [-0.4, -0.2) is 12.3 Å². The smallest absolute Gasteiger partial charge is 0.142 e. The van der Waals surface area contributed by atoms with Crippen molar-refractivity contribution < 1.29 is 4.79 Å². The number of hydrazine groups is 1. The van der Waals surface area contributed by atoms with E-state index >= 15 is 0 Å². The molecule has 0 fully saturated rings. The van der Waals surface area contributed by atoms with Crippen LogP contribution in [0.2, 0.25) is 0 Å². The van der Waals surface area contributed by atoms with Crippen molar-refractivity contribution in [3.63, 3.8) is 0 Å². The summed E-state index contributed by atoms with van der Waals surface area (Å²) in [6, 6.07) is 8.22. The van der Waals surface area contributed by atoms with Crippen LogP contribution >= 0.6 is 22.6 Å². The summed E-state index contributed by atoms with van der Waals surface area (Å²) in [6.45, 7) is 4.26. The predicted octanol–water partition coefficient (Wildman–Crippen LogP) is 2.42. The molecule has 0 aromatic heterocycles. The number of carbonyl (C=O) groups is 1. The first kappa shape index (κ1) is 13.5. The molecule has 1 heterocycles. The van der Waals surface area contributed by atoms with E-state index in [1.165, 1.54) is 9.13 Å². The van der Waals surface area contributed by atoms with E-state index in [1.807, 2.05) is 0 Å².